The van der Waals surface area contributed by atoms with Crippen LogP contribution in [0.25, 0.3) is 0 Å². The third-order valence-corrected chi connectivity index (χ3v) is 4.59. The maximum Gasteiger partial charge on any atom is 0.219 e. The molecule has 6 nitrogen and oxygen atoms in total. The zero-order valence-corrected chi connectivity index (χ0v) is 20.4. The smallest absolute Gasteiger partial charge is 0.219 e. The van der Waals surface area contributed by atoms with E-state index in [1.807, 2.05) is 43.3 Å². The number of rotatable bonds is 8. The van der Waals surface area contributed by atoms with Crippen LogP contribution in [0, 0.1) is 5.82 Å². The van der Waals surface area contributed by atoms with Crippen LogP contribution in [0.15, 0.2) is 77.9 Å². The highest BCUT2D eigenvalue weighted by Crippen LogP contribution is 2.20. The Morgan fingerprint density at radius 1 is 1.06 bits per heavy atom. The molecule has 2 aromatic carbocycles. The van der Waals surface area contributed by atoms with Crippen LogP contribution in [0.3, 0.4) is 0 Å². The van der Waals surface area contributed by atoms with Gasteiger partial charge < -0.3 is 20.5 Å². The maximum atomic E-state index is 13.0. The average molecular weight is 550 g/mol. The van der Waals surface area contributed by atoms with E-state index in [1.54, 1.807) is 31.3 Å². The molecule has 0 bridgehead atoms. The first kappa shape index (κ1) is 25.5. The average Bonchev–Trinajstić information content (AvgIpc) is 2.79. The van der Waals surface area contributed by atoms with Gasteiger partial charge in [-0.05, 0) is 49.2 Å². The summed E-state index contributed by atoms with van der Waals surface area (Å²) in [4.78, 5) is 8.84. The Balaban J connectivity index is 0.00000363. The highest BCUT2D eigenvalue weighted by Gasteiger charge is 2.22. The van der Waals surface area contributed by atoms with Crippen molar-refractivity contribution in [3.05, 3.63) is 89.9 Å². The zero-order valence-electron chi connectivity index (χ0n) is 18.1. The number of pyridine rings is 1. The van der Waals surface area contributed by atoms with E-state index in [-0.39, 0.29) is 29.8 Å². The molecule has 1 unspecified atom stereocenters. The molecule has 1 aromatic heterocycles. The summed E-state index contributed by atoms with van der Waals surface area (Å²) < 4.78 is 18.6. The summed E-state index contributed by atoms with van der Waals surface area (Å²) in [6.07, 6.45) is 1.69. The monoisotopic (exact) mass is 550 g/mol. The lowest BCUT2D eigenvalue weighted by molar-refractivity contribution is 0.0617. The van der Waals surface area contributed by atoms with Crippen LogP contribution in [-0.4, -0.2) is 29.1 Å². The fourth-order valence-corrected chi connectivity index (χ4v) is 2.86. The van der Waals surface area contributed by atoms with Gasteiger partial charge in [0.2, 0.25) is 5.88 Å². The molecule has 8 heteroatoms. The Hall–Kier alpha value is -2.72. The Morgan fingerprint density at radius 2 is 1.78 bits per heavy atom. The first-order chi connectivity index (χ1) is 15.0. The van der Waals surface area contributed by atoms with Crippen molar-refractivity contribution in [2.45, 2.75) is 26.0 Å². The molecule has 0 fully saturated rings. The highest BCUT2D eigenvalue weighted by atomic mass is 127. The summed E-state index contributed by atoms with van der Waals surface area (Å²) in [7, 11) is 0. The van der Waals surface area contributed by atoms with E-state index in [0.29, 0.717) is 37.2 Å². The Labute approximate surface area is 205 Å². The maximum absolute atomic E-state index is 13.0. The van der Waals surface area contributed by atoms with E-state index in [0.717, 1.165) is 11.1 Å². The lowest BCUT2D eigenvalue weighted by Crippen LogP contribution is -2.44. The molecule has 0 aliphatic carbocycles. The van der Waals surface area contributed by atoms with Crippen molar-refractivity contribution in [1.82, 2.24) is 15.6 Å². The lowest BCUT2D eigenvalue weighted by Gasteiger charge is -2.25. The molecule has 0 radical (unpaired) electrons. The standard InChI is InChI=1S/C24H27FN4O2.HI/c1-3-26-23(29-17-24(2,30)19-7-5-4-6-8-19)28-16-18-9-14-22(27-15-18)31-21-12-10-20(25)11-13-21;/h4-15,30H,3,16-17H2,1-2H3,(H2,26,28,29);1H. The number of guanidine groups is 1. The van der Waals surface area contributed by atoms with E-state index in [9.17, 15) is 9.50 Å². The van der Waals surface area contributed by atoms with Crippen LogP contribution < -0.4 is 15.4 Å². The fraction of sp³-hybridized carbons (Fsp3) is 0.250. The molecular formula is C24H28FIN4O2. The molecule has 32 heavy (non-hydrogen) atoms. The quantitative estimate of drug-likeness (QED) is 0.217. The number of nitrogens with zero attached hydrogens (tertiary/aromatic N) is 2. The van der Waals surface area contributed by atoms with Crippen LogP contribution in [0.4, 0.5) is 4.39 Å². The molecule has 0 aliphatic rings. The fourth-order valence-electron chi connectivity index (χ4n) is 2.86. The highest BCUT2D eigenvalue weighted by molar-refractivity contribution is 14.0. The van der Waals surface area contributed by atoms with Gasteiger partial charge >= 0.3 is 0 Å². The van der Waals surface area contributed by atoms with Crippen molar-refractivity contribution >= 4 is 29.9 Å². The summed E-state index contributed by atoms with van der Waals surface area (Å²) in [5, 5.41) is 17.1. The molecule has 3 rings (SSSR count). The SMILES string of the molecule is CCNC(=NCc1ccc(Oc2ccc(F)cc2)nc1)NCC(C)(O)c1ccccc1.I. The Kier molecular flexibility index (Phi) is 9.86. The third-order valence-electron chi connectivity index (χ3n) is 4.59. The predicted molar refractivity (Wildman–Crippen MR) is 135 cm³/mol. The number of halogens is 2. The minimum Gasteiger partial charge on any atom is -0.439 e. The second-order valence-electron chi connectivity index (χ2n) is 7.25. The normalized spacial score (nSPS) is 12.9. The summed E-state index contributed by atoms with van der Waals surface area (Å²) >= 11 is 0. The van der Waals surface area contributed by atoms with Crippen LogP contribution in [0.5, 0.6) is 11.6 Å². The van der Waals surface area contributed by atoms with Gasteiger partial charge in [0, 0.05) is 18.8 Å². The minimum absolute atomic E-state index is 0. The van der Waals surface area contributed by atoms with E-state index in [1.165, 1.54) is 12.1 Å². The predicted octanol–water partition coefficient (Wildman–Crippen LogP) is 4.59. The van der Waals surface area contributed by atoms with E-state index in [4.69, 9.17) is 4.74 Å². The number of benzene rings is 2. The molecule has 0 amide bonds. The largest absolute Gasteiger partial charge is 0.439 e. The summed E-state index contributed by atoms with van der Waals surface area (Å²) in [6, 6.07) is 18.9. The first-order valence-electron chi connectivity index (χ1n) is 10.1. The van der Waals surface area contributed by atoms with Crippen molar-refractivity contribution < 1.29 is 14.2 Å². The van der Waals surface area contributed by atoms with Gasteiger partial charge in [0.05, 0.1) is 13.1 Å². The van der Waals surface area contributed by atoms with E-state index >= 15 is 0 Å². The minimum atomic E-state index is -1.03. The van der Waals surface area contributed by atoms with E-state index < -0.39 is 5.60 Å². The second-order valence-corrected chi connectivity index (χ2v) is 7.25. The summed E-state index contributed by atoms with van der Waals surface area (Å²) in [5.41, 5.74) is 0.705. The first-order valence-corrected chi connectivity index (χ1v) is 10.1. The lowest BCUT2D eigenvalue weighted by atomic mass is 9.96. The van der Waals surface area contributed by atoms with Crippen molar-refractivity contribution in [2.75, 3.05) is 13.1 Å². The molecule has 3 N–H and O–H groups in total. The van der Waals surface area contributed by atoms with Crippen LogP contribution in [0.1, 0.15) is 25.0 Å². The molecule has 0 saturated heterocycles. The van der Waals surface area contributed by atoms with Gasteiger partial charge in [-0.1, -0.05) is 36.4 Å². The van der Waals surface area contributed by atoms with Crippen LogP contribution in [0.2, 0.25) is 0 Å². The number of aliphatic hydroxyl groups is 1. The molecule has 1 heterocycles. The molecule has 0 saturated carbocycles. The van der Waals surface area contributed by atoms with Crippen LogP contribution in [-0.2, 0) is 12.1 Å². The molecular weight excluding hydrogens is 522 g/mol. The van der Waals surface area contributed by atoms with Crippen molar-refractivity contribution in [1.29, 1.82) is 0 Å². The van der Waals surface area contributed by atoms with Gasteiger partial charge in [-0.25, -0.2) is 14.4 Å². The molecule has 1 atom stereocenters. The number of ether oxygens (including phenoxy) is 1. The summed E-state index contributed by atoms with van der Waals surface area (Å²) in [6.45, 7) is 5.17. The van der Waals surface area contributed by atoms with Gasteiger partial charge in [-0.15, -0.1) is 24.0 Å². The number of hydrogen-bond acceptors (Lipinski definition) is 4. The van der Waals surface area contributed by atoms with Gasteiger partial charge in [-0.3, -0.25) is 0 Å². The summed E-state index contributed by atoms with van der Waals surface area (Å²) in [5.74, 6) is 1.22. The molecule has 0 aliphatic heterocycles. The third kappa shape index (κ3) is 7.76. The Morgan fingerprint density at radius 3 is 2.41 bits per heavy atom. The second kappa shape index (κ2) is 12.4. The van der Waals surface area contributed by atoms with E-state index in [2.05, 4.69) is 20.6 Å². The number of hydrogen-bond donors (Lipinski definition) is 3. The van der Waals surface area contributed by atoms with Crippen molar-refractivity contribution in [2.24, 2.45) is 4.99 Å². The zero-order chi connectivity index (χ0) is 22.1. The van der Waals surface area contributed by atoms with Gasteiger partial charge in [0.1, 0.15) is 17.2 Å². The van der Waals surface area contributed by atoms with Crippen molar-refractivity contribution in [3.8, 4) is 11.6 Å². The number of aliphatic imine (C=N–C) groups is 1. The topological polar surface area (TPSA) is 78.8 Å². The molecule has 3 aromatic rings. The molecule has 0 spiro atoms. The number of aromatic nitrogens is 1. The molecule has 170 valence electrons. The van der Waals surface area contributed by atoms with Gasteiger partial charge in [-0.2, -0.15) is 0 Å². The number of nitrogens with one attached hydrogen (secondary N) is 2. The van der Waals surface area contributed by atoms with Gasteiger partial charge in [0.25, 0.3) is 0 Å². The van der Waals surface area contributed by atoms with Gasteiger partial charge in [0.15, 0.2) is 5.96 Å². The Bertz CT molecular complexity index is 981. The van der Waals surface area contributed by atoms with Crippen molar-refractivity contribution in [3.63, 3.8) is 0 Å². The van der Waals surface area contributed by atoms with Crippen LogP contribution >= 0.6 is 24.0 Å².